The van der Waals surface area contributed by atoms with Crippen molar-refractivity contribution < 1.29 is 19.1 Å². The van der Waals surface area contributed by atoms with Crippen LogP contribution in [0.1, 0.15) is 42.4 Å². The summed E-state index contributed by atoms with van der Waals surface area (Å²) in [7, 11) is 0. The molecule has 2 fully saturated rings. The van der Waals surface area contributed by atoms with Crippen LogP contribution in [0.15, 0.2) is 66.9 Å². The lowest BCUT2D eigenvalue weighted by Crippen LogP contribution is -2.55. The van der Waals surface area contributed by atoms with Crippen LogP contribution in [0, 0.1) is 0 Å². The van der Waals surface area contributed by atoms with Gasteiger partial charge in [0.05, 0.1) is 25.3 Å². The standard InChI is InChI=1S/C41H51Cl3N8O4/c42-30-10-8-28(9-11-30)23-37(40(54)48-36(7-4-14-45)39(53)46-15-18-50-19-21-56-22-20-50)49-41(55)47-31-12-13-32-29(25-51-16-1-2-17-51)26-52(38(32)24-31)27-33-34(43)5-3-6-35(33)44/h3,5-6,8-13,24,26,36-37H,1-2,4,7,14-23,25,27,45H2,(H,46,53)(H,48,54)(H2,47,49,55)/t36-,37-/m0/s1. The fraction of sp³-hybridized carbons (Fsp3) is 0.439. The normalized spacial score (nSPS) is 16.1. The first-order chi connectivity index (χ1) is 27.2. The van der Waals surface area contributed by atoms with Gasteiger partial charge in [-0.3, -0.25) is 19.4 Å². The van der Waals surface area contributed by atoms with Crippen LogP contribution in [0.3, 0.4) is 0 Å². The number of anilines is 1. The van der Waals surface area contributed by atoms with Crippen molar-refractivity contribution >= 4 is 69.2 Å². The Morgan fingerprint density at radius 2 is 1.55 bits per heavy atom. The molecule has 1 aromatic heterocycles. The van der Waals surface area contributed by atoms with Gasteiger partial charge in [0.2, 0.25) is 11.8 Å². The van der Waals surface area contributed by atoms with Crippen molar-refractivity contribution in [3.05, 3.63) is 98.6 Å². The smallest absolute Gasteiger partial charge is 0.319 e. The third-order valence-corrected chi connectivity index (χ3v) is 11.3. The molecule has 4 amide bonds. The Morgan fingerprint density at radius 3 is 2.27 bits per heavy atom. The number of carbonyl (C=O) groups excluding carboxylic acids is 3. The average Bonchev–Trinajstić information content (AvgIpc) is 3.83. The maximum atomic E-state index is 14.0. The van der Waals surface area contributed by atoms with Crippen LogP contribution < -0.4 is 27.0 Å². The highest BCUT2D eigenvalue weighted by Crippen LogP contribution is 2.31. The number of likely N-dealkylation sites (tertiary alicyclic amines) is 1. The zero-order valence-electron chi connectivity index (χ0n) is 31.5. The van der Waals surface area contributed by atoms with Crippen LogP contribution in [0.4, 0.5) is 10.5 Å². The third-order valence-electron chi connectivity index (χ3n) is 10.3. The van der Waals surface area contributed by atoms with Gasteiger partial charge in [-0.1, -0.05) is 59.1 Å². The Morgan fingerprint density at radius 1 is 0.821 bits per heavy atom. The summed E-state index contributed by atoms with van der Waals surface area (Å²) in [6.07, 6.45) is 5.56. The molecule has 56 heavy (non-hydrogen) atoms. The summed E-state index contributed by atoms with van der Waals surface area (Å²) in [5.74, 6) is -0.791. The number of hydrogen-bond acceptors (Lipinski definition) is 7. The van der Waals surface area contributed by atoms with E-state index in [-0.39, 0.29) is 12.3 Å². The monoisotopic (exact) mass is 824 g/mol. The van der Waals surface area contributed by atoms with Crippen LogP contribution in [-0.2, 0) is 33.8 Å². The Balaban J connectivity index is 1.19. The molecule has 300 valence electrons. The molecular formula is C41H51Cl3N8O4. The second kappa shape index (κ2) is 20.5. The second-order valence-electron chi connectivity index (χ2n) is 14.4. The van der Waals surface area contributed by atoms with E-state index < -0.39 is 24.0 Å². The Labute approximate surface area is 343 Å². The Kier molecular flexibility index (Phi) is 15.3. The minimum Gasteiger partial charge on any atom is -0.379 e. The van der Waals surface area contributed by atoms with Gasteiger partial charge in [-0.25, -0.2) is 4.79 Å². The number of nitrogens with zero attached hydrogens (tertiary/aromatic N) is 3. The first-order valence-electron chi connectivity index (χ1n) is 19.3. The van der Waals surface area contributed by atoms with E-state index in [1.54, 1.807) is 24.3 Å². The topological polar surface area (TPSA) is 146 Å². The zero-order chi connectivity index (χ0) is 39.4. The summed E-state index contributed by atoms with van der Waals surface area (Å²) in [4.78, 5) is 45.7. The van der Waals surface area contributed by atoms with Gasteiger partial charge in [0.15, 0.2) is 0 Å². The molecule has 0 saturated carbocycles. The molecule has 12 nitrogen and oxygen atoms in total. The Bertz CT molecular complexity index is 1930. The van der Waals surface area contributed by atoms with E-state index in [9.17, 15) is 14.4 Å². The third kappa shape index (κ3) is 11.6. The van der Waals surface area contributed by atoms with Gasteiger partial charge in [-0.05, 0) is 92.8 Å². The largest absolute Gasteiger partial charge is 0.379 e. The van der Waals surface area contributed by atoms with E-state index in [1.165, 1.54) is 18.4 Å². The van der Waals surface area contributed by atoms with Crippen LogP contribution in [0.2, 0.25) is 15.1 Å². The second-order valence-corrected chi connectivity index (χ2v) is 15.7. The molecule has 0 unspecified atom stereocenters. The number of hydrogen-bond donors (Lipinski definition) is 5. The highest BCUT2D eigenvalue weighted by Gasteiger charge is 2.27. The average molecular weight is 826 g/mol. The number of ether oxygens (including phenoxy) is 1. The number of nitrogens with two attached hydrogens (primary N) is 1. The highest BCUT2D eigenvalue weighted by molar-refractivity contribution is 6.36. The molecule has 3 heterocycles. The van der Waals surface area contributed by atoms with Gasteiger partial charge in [-0.2, -0.15) is 0 Å². The highest BCUT2D eigenvalue weighted by atomic mass is 35.5. The van der Waals surface area contributed by atoms with Crippen LogP contribution >= 0.6 is 34.8 Å². The lowest BCUT2D eigenvalue weighted by molar-refractivity contribution is -0.130. The number of aromatic nitrogens is 1. The Hall–Kier alpha value is -3.88. The van der Waals surface area contributed by atoms with Gasteiger partial charge in [0.25, 0.3) is 0 Å². The molecule has 0 bridgehead atoms. The van der Waals surface area contributed by atoms with Crippen molar-refractivity contribution in [2.45, 2.75) is 57.3 Å². The van der Waals surface area contributed by atoms with Gasteiger partial charge < -0.3 is 36.3 Å². The minimum absolute atomic E-state index is 0.166. The van der Waals surface area contributed by atoms with E-state index in [1.807, 2.05) is 36.4 Å². The van der Waals surface area contributed by atoms with Crippen LogP contribution in [0.5, 0.6) is 0 Å². The predicted octanol–water partition coefficient (Wildman–Crippen LogP) is 5.65. The summed E-state index contributed by atoms with van der Waals surface area (Å²) in [6.45, 7) is 7.79. The number of amides is 4. The van der Waals surface area contributed by atoms with Crippen molar-refractivity contribution in [1.29, 1.82) is 0 Å². The number of morpholine rings is 1. The van der Waals surface area contributed by atoms with Crippen molar-refractivity contribution in [2.75, 3.05) is 64.3 Å². The van der Waals surface area contributed by atoms with Crippen molar-refractivity contribution in [1.82, 2.24) is 30.3 Å². The summed E-state index contributed by atoms with van der Waals surface area (Å²) < 4.78 is 7.53. The first-order valence-corrected chi connectivity index (χ1v) is 20.5. The molecule has 2 saturated heterocycles. The SMILES string of the molecule is NCCC[C@H](NC(=O)[C@H](Cc1ccc(Cl)cc1)NC(=O)Nc1ccc2c(CN3CCCC3)cn(Cc3c(Cl)cccc3Cl)c2c1)C(=O)NCCN1CCOCC1. The van der Waals surface area contributed by atoms with E-state index in [2.05, 4.69) is 41.8 Å². The van der Waals surface area contributed by atoms with E-state index in [4.69, 9.17) is 45.3 Å². The van der Waals surface area contributed by atoms with Crippen LogP contribution in [0.25, 0.3) is 10.9 Å². The number of fused-ring (bicyclic) bond motifs is 1. The molecule has 0 aliphatic carbocycles. The number of rotatable bonds is 17. The van der Waals surface area contributed by atoms with E-state index >= 15 is 0 Å². The number of halogens is 3. The van der Waals surface area contributed by atoms with Crippen LogP contribution in [-0.4, -0.2) is 103 Å². The molecule has 6 N–H and O–H groups in total. The summed E-state index contributed by atoms with van der Waals surface area (Å²) in [6, 6.07) is 15.9. The molecule has 15 heteroatoms. The quantitative estimate of drug-likeness (QED) is 0.0926. The fourth-order valence-electron chi connectivity index (χ4n) is 7.28. The molecule has 4 aromatic rings. The maximum Gasteiger partial charge on any atom is 0.319 e. The van der Waals surface area contributed by atoms with Crippen molar-refractivity contribution in [2.24, 2.45) is 5.73 Å². The maximum absolute atomic E-state index is 14.0. The summed E-state index contributed by atoms with van der Waals surface area (Å²) in [5, 5.41) is 14.5. The first kappa shape index (κ1) is 41.7. The molecule has 6 rings (SSSR count). The molecule has 2 atom stereocenters. The van der Waals surface area contributed by atoms with Crippen molar-refractivity contribution in [3.63, 3.8) is 0 Å². The molecule has 0 radical (unpaired) electrons. The molecule has 2 aliphatic rings. The van der Waals surface area contributed by atoms with Gasteiger partial charge in [0, 0.05) is 77.0 Å². The lowest BCUT2D eigenvalue weighted by atomic mass is 10.0. The van der Waals surface area contributed by atoms with Crippen molar-refractivity contribution in [3.8, 4) is 0 Å². The van der Waals surface area contributed by atoms with Gasteiger partial charge >= 0.3 is 6.03 Å². The van der Waals surface area contributed by atoms with E-state index in [0.29, 0.717) is 73.0 Å². The molecular weight excluding hydrogens is 775 g/mol. The zero-order valence-corrected chi connectivity index (χ0v) is 33.8. The number of benzene rings is 3. The molecule has 3 aromatic carbocycles. The summed E-state index contributed by atoms with van der Waals surface area (Å²) in [5.41, 5.74) is 10.0. The van der Waals surface area contributed by atoms with Gasteiger partial charge in [0.1, 0.15) is 12.1 Å². The minimum atomic E-state index is -1.01. The lowest BCUT2D eigenvalue weighted by Gasteiger charge is -2.27. The predicted molar refractivity (Wildman–Crippen MR) is 224 cm³/mol. The number of carbonyl (C=O) groups is 3. The number of nitrogens with one attached hydrogen (secondary N) is 4. The number of urea groups is 1. The fourth-order valence-corrected chi connectivity index (χ4v) is 7.92. The summed E-state index contributed by atoms with van der Waals surface area (Å²) >= 11 is 19.3. The molecule has 2 aliphatic heterocycles. The molecule has 0 spiro atoms. The van der Waals surface area contributed by atoms with Gasteiger partial charge in [-0.15, -0.1) is 0 Å². The van der Waals surface area contributed by atoms with E-state index in [0.717, 1.165) is 54.8 Å².